The average molecular weight is 592 g/mol. The maximum Gasteiger partial charge on any atom is 0.210 e. The Morgan fingerprint density at radius 2 is 1.32 bits per heavy atom. The number of hydrogen-bond acceptors (Lipinski definition) is 3. The van der Waals surface area contributed by atoms with Crippen LogP contribution in [0.5, 0.6) is 0 Å². The molecule has 0 fully saturated rings. The van der Waals surface area contributed by atoms with Gasteiger partial charge in [-0.1, -0.05) is 72.8 Å². The van der Waals surface area contributed by atoms with Crippen molar-refractivity contribution in [3.05, 3.63) is 150 Å². The van der Waals surface area contributed by atoms with Crippen LogP contribution < -0.4 is 4.90 Å². The van der Waals surface area contributed by atoms with Gasteiger partial charge in [-0.05, 0) is 90.9 Å². The number of benzene rings is 5. The Morgan fingerprint density at radius 3 is 2.00 bits per heavy atom. The topological polar surface area (TPSA) is 26.5 Å². The number of β-amino-alcohol motifs (C(OH)–C–C–N with tert-alkyl or cyclic N) is 1. The normalized spacial score (nSPS) is 14.0. The fourth-order valence-corrected chi connectivity index (χ4v) is 7.43. The quantitative estimate of drug-likeness (QED) is 0.178. The van der Waals surface area contributed by atoms with Crippen molar-refractivity contribution in [2.75, 3.05) is 18.1 Å². The summed E-state index contributed by atoms with van der Waals surface area (Å²) in [4.78, 5) is 4.72. The van der Waals surface area contributed by atoms with Crippen LogP contribution in [0.25, 0.3) is 27.3 Å². The summed E-state index contributed by atoms with van der Waals surface area (Å²) in [6.45, 7) is 5.26. The highest BCUT2D eigenvalue weighted by Crippen LogP contribution is 2.44. The highest BCUT2D eigenvalue weighted by Gasteiger charge is 2.45. The predicted molar refractivity (Wildman–Crippen MR) is 187 cm³/mol. The number of hydrogen-bond donors (Lipinski definition) is 1. The maximum absolute atomic E-state index is 9.97. The number of aliphatic hydroxyl groups excluding tert-OH is 1. The molecule has 44 heavy (non-hydrogen) atoms. The molecule has 0 atom stereocenters. The number of para-hydroxylation sites is 2. The van der Waals surface area contributed by atoms with Crippen molar-refractivity contribution in [2.24, 2.45) is 0 Å². The Kier molecular flexibility index (Phi) is 7.47. The third kappa shape index (κ3) is 5.06. The van der Waals surface area contributed by atoms with Crippen molar-refractivity contribution in [1.29, 1.82) is 0 Å². The number of aliphatic hydroxyl groups is 1. The van der Waals surface area contributed by atoms with E-state index in [4.69, 9.17) is 0 Å². The number of nitrogens with zero attached hydrogens (tertiary/aromatic N) is 2. The van der Waals surface area contributed by atoms with Crippen LogP contribution in [0.3, 0.4) is 0 Å². The zero-order valence-corrected chi connectivity index (χ0v) is 25.8. The Bertz CT molecular complexity index is 1950. The molecule has 0 spiro atoms. The predicted octanol–water partition coefficient (Wildman–Crippen LogP) is 10.1. The second kappa shape index (κ2) is 11.7. The first-order valence-electron chi connectivity index (χ1n) is 15.1. The van der Waals surface area contributed by atoms with Crippen LogP contribution in [0.4, 0.5) is 22.7 Å². The smallest absolute Gasteiger partial charge is 0.210 e. The zero-order valence-electron chi connectivity index (χ0n) is 25.0. The van der Waals surface area contributed by atoms with Gasteiger partial charge in [-0.15, -0.1) is 11.3 Å². The van der Waals surface area contributed by atoms with E-state index in [-0.39, 0.29) is 12.0 Å². The minimum absolute atomic E-state index is 0.102. The molecule has 6 aromatic rings. The lowest BCUT2D eigenvalue weighted by Crippen LogP contribution is -2.28. The van der Waals surface area contributed by atoms with Gasteiger partial charge in [0.15, 0.2) is 12.3 Å². The maximum atomic E-state index is 9.97. The molecule has 3 nitrogen and oxygen atoms in total. The SMILES string of the molecule is CC1(C)C(/C=C/c2ccc(-c3ccc(N(c4ccccc4)c4ccccc4)cc3)s2)=[N+](CCO)c2ccc3ccccc3c21. The Morgan fingerprint density at radius 1 is 0.682 bits per heavy atom. The van der Waals surface area contributed by atoms with Crippen LogP contribution in [-0.4, -0.2) is 28.5 Å². The van der Waals surface area contributed by atoms with Gasteiger partial charge in [-0.2, -0.15) is 4.58 Å². The summed E-state index contributed by atoms with van der Waals surface area (Å²) in [7, 11) is 0. The molecule has 1 aliphatic rings. The molecule has 4 heteroatoms. The van der Waals surface area contributed by atoms with Gasteiger partial charge in [0.05, 0.1) is 5.41 Å². The summed E-state index contributed by atoms with van der Waals surface area (Å²) in [6.07, 6.45) is 4.48. The number of anilines is 3. The van der Waals surface area contributed by atoms with Crippen molar-refractivity contribution in [3.63, 3.8) is 0 Å². The van der Waals surface area contributed by atoms with Gasteiger partial charge in [0, 0.05) is 44.5 Å². The van der Waals surface area contributed by atoms with E-state index >= 15 is 0 Å². The number of fused-ring (bicyclic) bond motifs is 3. The van der Waals surface area contributed by atoms with Crippen LogP contribution >= 0.6 is 11.3 Å². The highest BCUT2D eigenvalue weighted by molar-refractivity contribution is 7.16. The molecule has 7 rings (SSSR count). The molecule has 2 heterocycles. The minimum Gasteiger partial charge on any atom is -0.390 e. The van der Waals surface area contributed by atoms with Gasteiger partial charge < -0.3 is 10.0 Å². The lowest BCUT2D eigenvalue weighted by atomic mass is 9.79. The molecule has 0 radical (unpaired) electrons. The van der Waals surface area contributed by atoms with Gasteiger partial charge >= 0.3 is 0 Å². The second-order valence-electron chi connectivity index (χ2n) is 11.7. The fraction of sp³-hybridized carbons (Fsp3) is 0.125. The van der Waals surface area contributed by atoms with Crippen molar-refractivity contribution in [2.45, 2.75) is 19.3 Å². The first-order chi connectivity index (χ1) is 21.5. The van der Waals surface area contributed by atoms with Crippen LogP contribution in [-0.2, 0) is 5.41 Å². The lowest BCUT2D eigenvalue weighted by Gasteiger charge is -2.25. The summed E-state index contributed by atoms with van der Waals surface area (Å²) < 4.78 is 2.29. The summed E-state index contributed by atoms with van der Waals surface area (Å²) in [5.41, 5.74) is 8.12. The summed E-state index contributed by atoms with van der Waals surface area (Å²) in [5, 5.41) is 12.5. The van der Waals surface area contributed by atoms with Crippen LogP contribution in [0.1, 0.15) is 24.3 Å². The summed E-state index contributed by atoms with van der Waals surface area (Å²) in [5.74, 6) is 0. The molecule has 0 saturated carbocycles. The van der Waals surface area contributed by atoms with Gasteiger partial charge in [-0.25, -0.2) is 0 Å². The van der Waals surface area contributed by atoms with Gasteiger partial charge in [0.1, 0.15) is 6.61 Å². The Hall–Kier alpha value is -4.77. The van der Waals surface area contributed by atoms with Gasteiger partial charge in [0.25, 0.3) is 0 Å². The molecule has 1 aliphatic heterocycles. The number of allylic oxidation sites excluding steroid dienone is 1. The summed E-state index contributed by atoms with van der Waals surface area (Å²) >= 11 is 1.80. The van der Waals surface area contributed by atoms with Crippen LogP contribution in [0, 0.1) is 0 Å². The first-order valence-corrected chi connectivity index (χ1v) is 15.9. The first kappa shape index (κ1) is 28.0. The minimum atomic E-state index is -0.193. The largest absolute Gasteiger partial charge is 0.390 e. The molecular formula is C40H35N2OS+. The zero-order chi connectivity index (χ0) is 30.1. The Labute approximate surface area is 263 Å². The van der Waals surface area contributed by atoms with E-state index in [1.165, 1.54) is 43.1 Å². The molecule has 0 aliphatic carbocycles. The van der Waals surface area contributed by atoms with Crippen molar-refractivity contribution in [3.8, 4) is 10.4 Å². The van der Waals surface area contributed by atoms with E-state index in [0.717, 1.165) is 17.1 Å². The van der Waals surface area contributed by atoms with E-state index in [0.29, 0.717) is 6.54 Å². The molecule has 1 N–H and O–H groups in total. The molecule has 1 aromatic heterocycles. The lowest BCUT2D eigenvalue weighted by molar-refractivity contribution is -0.440. The van der Waals surface area contributed by atoms with E-state index in [1.807, 2.05) is 0 Å². The van der Waals surface area contributed by atoms with E-state index in [1.54, 1.807) is 11.3 Å². The van der Waals surface area contributed by atoms with E-state index in [9.17, 15) is 5.11 Å². The standard InChI is InChI=1S/C40H35N2OS/c1-40(2)38(41(27-28-43)36-24-19-29-11-9-10-16-35(29)39(36)40)26-23-34-22-25-37(44-34)30-17-20-33(21-18-30)42(31-12-5-3-6-13-31)32-14-7-4-8-15-32/h3-26,43H,27-28H2,1-2H3/q+1. The third-order valence-electron chi connectivity index (χ3n) is 8.55. The van der Waals surface area contributed by atoms with Crippen molar-refractivity contribution >= 4 is 56.6 Å². The average Bonchev–Trinajstić information content (AvgIpc) is 3.62. The number of thiophene rings is 1. The van der Waals surface area contributed by atoms with Crippen molar-refractivity contribution < 1.29 is 9.68 Å². The summed E-state index contributed by atoms with van der Waals surface area (Å²) in [6, 6.07) is 47.2. The second-order valence-corrected chi connectivity index (χ2v) is 12.8. The monoisotopic (exact) mass is 591 g/mol. The molecule has 0 unspecified atom stereocenters. The molecule has 0 amide bonds. The fourth-order valence-electron chi connectivity index (χ4n) is 6.51. The Balaban J connectivity index is 1.18. The van der Waals surface area contributed by atoms with E-state index < -0.39 is 0 Å². The van der Waals surface area contributed by atoms with Crippen molar-refractivity contribution in [1.82, 2.24) is 0 Å². The molecular weight excluding hydrogens is 557 g/mol. The van der Waals surface area contributed by atoms with E-state index in [2.05, 4.69) is 169 Å². The molecule has 0 bridgehead atoms. The molecule has 0 saturated heterocycles. The van der Waals surface area contributed by atoms with Gasteiger partial charge in [-0.3, -0.25) is 0 Å². The molecule has 5 aromatic carbocycles. The van der Waals surface area contributed by atoms with Gasteiger partial charge in [0.2, 0.25) is 5.69 Å². The van der Waals surface area contributed by atoms with Crippen LogP contribution in [0.2, 0.25) is 0 Å². The highest BCUT2D eigenvalue weighted by atomic mass is 32.1. The number of rotatable bonds is 8. The molecule has 216 valence electrons. The van der Waals surface area contributed by atoms with Crippen LogP contribution in [0.15, 0.2) is 140 Å². The third-order valence-corrected chi connectivity index (χ3v) is 9.65.